The third-order valence-corrected chi connectivity index (χ3v) is 3.83. The molecular formula is C15H21N3O3. The maximum absolute atomic E-state index is 12.2. The molecule has 1 fully saturated rings. The maximum atomic E-state index is 12.2. The summed E-state index contributed by atoms with van der Waals surface area (Å²) in [4.78, 5) is 26.8. The monoisotopic (exact) mass is 291 g/mol. The van der Waals surface area contributed by atoms with Gasteiger partial charge in [0.25, 0.3) is 0 Å². The van der Waals surface area contributed by atoms with Gasteiger partial charge in [-0.25, -0.2) is 4.79 Å². The van der Waals surface area contributed by atoms with E-state index >= 15 is 0 Å². The summed E-state index contributed by atoms with van der Waals surface area (Å²) in [5.41, 5.74) is 1.70. The smallest absolute Gasteiger partial charge is 0.321 e. The summed E-state index contributed by atoms with van der Waals surface area (Å²) < 4.78 is 0. The molecule has 2 unspecified atom stereocenters. The largest absolute Gasteiger partial charge is 0.481 e. The van der Waals surface area contributed by atoms with Crippen molar-refractivity contribution in [2.24, 2.45) is 11.8 Å². The number of hydrogen-bond donors (Lipinski definition) is 2. The van der Waals surface area contributed by atoms with Gasteiger partial charge in [0.2, 0.25) is 0 Å². The molecule has 114 valence electrons. The summed E-state index contributed by atoms with van der Waals surface area (Å²) in [7, 11) is 3.86. The van der Waals surface area contributed by atoms with Gasteiger partial charge in [0.15, 0.2) is 0 Å². The van der Waals surface area contributed by atoms with Gasteiger partial charge in [0.05, 0.1) is 5.92 Å². The number of nitrogens with one attached hydrogen (secondary N) is 1. The second-order valence-corrected chi connectivity index (χ2v) is 5.70. The number of benzene rings is 1. The highest BCUT2D eigenvalue weighted by molar-refractivity contribution is 5.90. The lowest BCUT2D eigenvalue weighted by atomic mass is 9.99. The third-order valence-electron chi connectivity index (χ3n) is 3.83. The SMILES string of the molecule is CC1CN(C(=O)Nc2cccc(N(C)C)c2)CC1C(=O)O. The Kier molecular flexibility index (Phi) is 4.35. The molecule has 0 radical (unpaired) electrons. The summed E-state index contributed by atoms with van der Waals surface area (Å²) in [6.07, 6.45) is 0. The summed E-state index contributed by atoms with van der Waals surface area (Å²) in [5.74, 6) is -1.35. The standard InChI is InChI=1S/C15H21N3O3/c1-10-8-18(9-13(10)14(19)20)15(21)16-11-5-4-6-12(7-11)17(2)3/h4-7,10,13H,8-9H2,1-3H3,(H,16,21)(H,19,20). The normalized spacial score (nSPS) is 21.2. The zero-order chi connectivity index (χ0) is 15.6. The number of carbonyl (C=O) groups is 2. The highest BCUT2D eigenvalue weighted by Gasteiger charge is 2.36. The van der Waals surface area contributed by atoms with Gasteiger partial charge < -0.3 is 20.2 Å². The number of amides is 2. The van der Waals surface area contributed by atoms with Crippen LogP contribution in [0.1, 0.15) is 6.92 Å². The van der Waals surface area contributed by atoms with Crippen LogP contribution in [0.5, 0.6) is 0 Å². The lowest BCUT2D eigenvalue weighted by molar-refractivity contribution is -0.142. The summed E-state index contributed by atoms with van der Waals surface area (Å²) >= 11 is 0. The fraction of sp³-hybridized carbons (Fsp3) is 0.467. The molecule has 1 heterocycles. The van der Waals surface area contributed by atoms with E-state index in [0.29, 0.717) is 12.2 Å². The lowest BCUT2D eigenvalue weighted by Gasteiger charge is -2.18. The van der Waals surface area contributed by atoms with Crippen molar-refractivity contribution in [2.75, 3.05) is 37.4 Å². The average molecular weight is 291 g/mol. The highest BCUT2D eigenvalue weighted by Crippen LogP contribution is 2.24. The van der Waals surface area contributed by atoms with E-state index in [0.717, 1.165) is 5.69 Å². The molecule has 0 aliphatic carbocycles. The van der Waals surface area contributed by atoms with E-state index in [2.05, 4.69) is 5.32 Å². The first-order chi connectivity index (χ1) is 9.88. The number of carboxylic acids is 1. The van der Waals surface area contributed by atoms with Crippen molar-refractivity contribution in [1.29, 1.82) is 0 Å². The van der Waals surface area contributed by atoms with Crippen molar-refractivity contribution in [1.82, 2.24) is 4.90 Å². The van der Waals surface area contributed by atoms with Gasteiger partial charge in [0.1, 0.15) is 0 Å². The molecule has 1 aliphatic rings. The van der Waals surface area contributed by atoms with Crippen molar-refractivity contribution >= 4 is 23.4 Å². The Morgan fingerprint density at radius 2 is 2.05 bits per heavy atom. The predicted octanol–water partition coefficient (Wildman–Crippen LogP) is 1.94. The van der Waals surface area contributed by atoms with Crippen LogP contribution in [0.25, 0.3) is 0 Å². The van der Waals surface area contributed by atoms with Gasteiger partial charge >= 0.3 is 12.0 Å². The van der Waals surface area contributed by atoms with Gasteiger partial charge in [-0.1, -0.05) is 13.0 Å². The van der Waals surface area contributed by atoms with E-state index in [1.807, 2.05) is 50.2 Å². The molecule has 1 saturated heterocycles. The summed E-state index contributed by atoms with van der Waals surface area (Å²) in [6, 6.07) is 7.28. The molecule has 2 rings (SSSR count). The second-order valence-electron chi connectivity index (χ2n) is 5.70. The van der Waals surface area contributed by atoms with Crippen LogP contribution in [0.4, 0.5) is 16.2 Å². The van der Waals surface area contributed by atoms with Crippen LogP contribution in [-0.4, -0.2) is 49.2 Å². The molecule has 1 aliphatic heterocycles. The minimum atomic E-state index is -0.840. The van der Waals surface area contributed by atoms with Crippen molar-refractivity contribution in [3.05, 3.63) is 24.3 Å². The minimum absolute atomic E-state index is 0.0265. The topological polar surface area (TPSA) is 72.9 Å². The molecule has 1 aromatic rings. The first kappa shape index (κ1) is 15.2. The van der Waals surface area contributed by atoms with Gasteiger partial charge in [-0.3, -0.25) is 4.79 Å². The molecule has 6 nitrogen and oxygen atoms in total. The zero-order valence-electron chi connectivity index (χ0n) is 12.5. The molecule has 1 aromatic carbocycles. The summed E-state index contributed by atoms with van der Waals surface area (Å²) in [6.45, 7) is 2.59. The van der Waals surface area contributed by atoms with Crippen LogP contribution in [-0.2, 0) is 4.79 Å². The number of urea groups is 1. The zero-order valence-corrected chi connectivity index (χ0v) is 12.5. The molecule has 0 aromatic heterocycles. The van der Waals surface area contributed by atoms with Crippen LogP contribution in [0, 0.1) is 11.8 Å². The lowest BCUT2D eigenvalue weighted by Crippen LogP contribution is -2.33. The first-order valence-electron chi connectivity index (χ1n) is 6.94. The Hall–Kier alpha value is -2.24. The number of nitrogens with zero attached hydrogens (tertiary/aromatic N) is 2. The van der Waals surface area contributed by atoms with E-state index in [-0.39, 0.29) is 18.5 Å². The van der Waals surface area contributed by atoms with Crippen LogP contribution in [0.2, 0.25) is 0 Å². The first-order valence-corrected chi connectivity index (χ1v) is 6.94. The number of carboxylic acid groups (broad SMARTS) is 1. The van der Waals surface area contributed by atoms with Crippen molar-refractivity contribution in [2.45, 2.75) is 6.92 Å². The van der Waals surface area contributed by atoms with E-state index < -0.39 is 11.9 Å². The van der Waals surface area contributed by atoms with Crippen LogP contribution < -0.4 is 10.2 Å². The summed E-state index contributed by atoms with van der Waals surface area (Å²) in [5, 5.41) is 11.9. The Morgan fingerprint density at radius 3 is 2.62 bits per heavy atom. The number of rotatable bonds is 3. The molecule has 2 atom stereocenters. The Labute approximate surface area is 124 Å². The van der Waals surface area contributed by atoms with Crippen LogP contribution >= 0.6 is 0 Å². The van der Waals surface area contributed by atoms with E-state index in [9.17, 15) is 9.59 Å². The number of hydrogen-bond acceptors (Lipinski definition) is 3. The fourth-order valence-electron chi connectivity index (χ4n) is 2.52. The van der Waals surface area contributed by atoms with Gasteiger partial charge in [-0.15, -0.1) is 0 Å². The second kappa shape index (κ2) is 6.03. The predicted molar refractivity (Wildman–Crippen MR) is 81.7 cm³/mol. The Bertz CT molecular complexity index is 545. The van der Waals surface area contributed by atoms with E-state index in [1.165, 1.54) is 0 Å². The number of aliphatic carboxylic acids is 1. The number of likely N-dealkylation sites (tertiary alicyclic amines) is 1. The van der Waals surface area contributed by atoms with E-state index in [1.54, 1.807) is 4.90 Å². The molecule has 21 heavy (non-hydrogen) atoms. The average Bonchev–Trinajstić information content (AvgIpc) is 2.81. The highest BCUT2D eigenvalue weighted by atomic mass is 16.4. The number of anilines is 2. The molecular weight excluding hydrogens is 270 g/mol. The Balaban J connectivity index is 2.02. The molecule has 0 saturated carbocycles. The fourth-order valence-corrected chi connectivity index (χ4v) is 2.52. The van der Waals surface area contributed by atoms with Gasteiger partial charge in [-0.05, 0) is 24.1 Å². The Morgan fingerprint density at radius 1 is 1.33 bits per heavy atom. The van der Waals surface area contributed by atoms with Gasteiger partial charge in [-0.2, -0.15) is 0 Å². The molecule has 0 spiro atoms. The van der Waals surface area contributed by atoms with E-state index in [4.69, 9.17) is 5.11 Å². The van der Waals surface area contributed by atoms with Crippen molar-refractivity contribution < 1.29 is 14.7 Å². The van der Waals surface area contributed by atoms with Crippen molar-refractivity contribution in [3.8, 4) is 0 Å². The number of carbonyl (C=O) groups excluding carboxylic acids is 1. The van der Waals surface area contributed by atoms with Crippen LogP contribution in [0.15, 0.2) is 24.3 Å². The molecule has 2 amide bonds. The molecule has 2 N–H and O–H groups in total. The van der Waals surface area contributed by atoms with Crippen molar-refractivity contribution in [3.63, 3.8) is 0 Å². The molecule has 0 bridgehead atoms. The minimum Gasteiger partial charge on any atom is -0.481 e. The third kappa shape index (κ3) is 3.45. The maximum Gasteiger partial charge on any atom is 0.321 e. The quantitative estimate of drug-likeness (QED) is 0.892. The molecule has 6 heteroatoms. The van der Waals surface area contributed by atoms with Gasteiger partial charge in [0, 0.05) is 38.6 Å². The van der Waals surface area contributed by atoms with Crippen LogP contribution in [0.3, 0.4) is 0 Å².